The van der Waals surface area contributed by atoms with Gasteiger partial charge in [0, 0.05) is 23.5 Å². The SMILES string of the molecule is COc1cc(C)c(Nc2cc(C)nc3nc(C(F)(F)F)nn23)cc1OC. The molecule has 3 rings (SSSR count). The molecule has 0 unspecified atom stereocenters. The summed E-state index contributed by atoms with van der Waals surface area (Å²) >= 11 is 0. The van der Waals surface area contributed by atoms with Gasteiger partial charge in [-0.1, -0.05) is 0 Å². The average molecular weight is 367 g/mol. The number of alkyl halides is 3. The van der Waals surface area contributed by atoms with Crippen LogP contribution in [0.15, 0.2) is 18.2 Å². The van der Waals surface area contributed by atoms with E-state index in [9.17, 15) is 13.2 Å². The molecule has 26 heavy (non-hydrogen) atoms. The lowest BCUT2D eigenvalue weighted by Crippen LogP contribution is -2.08. The van der Waals surface area contributed by atoms with Gasteiger partial charge in [-0.05, 0) is 25.5 Å². The van der Waals surface area contributed by atoms with E-state index in [1.165, 1.54) is 14.2 Å². The summed E-state index contributed by atoms with van der Waals surface area (Å²) in [4.78, 5) is 7.46. The molecule has 0 saturated carbocycles. The average Bonchev–Trinajstić information content (AvgIpc) is 3.00. The number of hydrogen-bond donors (Lipinski definition) is 1. The van der Waals surface area contributed by atoms with Crippen molar-refractivity contribution in [2.75, 3.05) is 19.5 Å². The Hall–Kier alpha value is -3.04. The number of ether oxygens (including phenoxy) is 2. The molecule has 0 aliphatic heterocycles. The van der Waals surface area contributed by atoms with Gasteiger partial charge < -0.3 is 14.8 Å². The van der Waals surface area contributed by atoms with Gasteiger partial charge in [0.1, 0.15) is 5.82 Å². The van der Waals surface area contributed by atoms with Crippen LogP contribution in [0.3, 0.4) is 0 Å². The Labute approximate surface area is 146 Å². The summed E-state index contributed by atoms with van der Waals surface area (Å²) in [6.07, 6.45) is -4.65. The predicted molar refractivity (Wildman–Crippen MR) is 88.1 cm³/mol. The van der Waals surface area contributed by atoms with Crippen molar-refractivity contribution in [3.8, 4) is 11.5 Å². The van der Waals surface area contributed by atoms with Crippen molar-refractivity contribution >= 4 is 17.3 Å². The van der Waals surface area contributed by atoms with Crippen LogP contribution in [-0.2, 0) is 6.18 Å². The number of hydrogen-bond acceptors (Lipinski definition) is 6. The number of rotatable bonds is 4. The van der Waals surface area contributed by atoms with Crippen molar-refractivity contribution in [2.24, 2.45) is 0 Å². The Bertz CT molecular complexity index is 969. The normalized spacial score (nSPS) is 11.7. The predicted octanol–water partition coefficient (Wildman–Crippen LogP) is 3.52. The lowest BCUT2D eigenvalue weighted by atomic mass is 10.1. The summed E-state index contributed by atoms with van der Waals surface area (Å²) in [6, 6.07) is 5.03. The van der Waals surface area contributed by atoms with Gasteiger partial charge >= 0.3 is 6.18 Å². The van der Waals surface area contributed by atoms with Crippen LogP contribution < -0.4 is 14.8 Å². The van der Waals surface area contributed by atoms with Crippen LogP contribution in [0.25, 0.3) is 5.78 Å². The highest BCUT2D eigenvalue weighted by atomic mass is 19.4. The molecule has 0 atom stereocenters. The van der Waals surface area contributed by atoms with E-state index < -0.39 is 12.0 Å². The molecule has 1 N–H and O–H groups in total. The monoisotopic (exact) mass is 367 g/mol. The molecule has 0 aliphatic carbocycles. The minimum Gasteiger partial charge on any atom is -0.493 e. The largest absolute Gasteiger partial charge is 0.493 e. The summed E-state index contributed by atoms with van der Waals surface area (Å²) in [7, 11) is 3.02. The number of benzene rings is 1. The zero-order valence-corrected chi connectivity index (χ0v) is 14.5. The first-order chi connectivity index (χ1) is 12.2. The maximum absolute atomic E-state index is 12.9. The lowest BCUT2D eigenvalue weighted by Gasteiger charge is -2.15. The smallest absolute Gasteiger partial charge is 0.453 e. The number of nitrogens with zero attached hydrogens (tertiary/aromatic N) is 4. The number of nitrogens with one attached hydrogen (secondary N) is 1. The Balaban J connectivity index is 2.10. The second kappa shape index (κ2) is 6.36. The second-order valence-electron chi connectivity index (χ2n) is 5.57. The number of aromatic nitrogens is 4. The number of anilines is 2. The molecule has 2 heterocycles. The van der Waals surface area contributed by atoms with Gasteiger partial charge in [0.2, 0.25) is 0 Å². The third-order valence-corrected chi connectivity index (χ3v) is 3.69. The molecule has 0 spiro atoms. The maximum Gasteiger partial charge on any atom is 0.453 e. The number of fused-ring (bicyclic) bond motifs is 1. The molecule has 1 aromatic carbocycles. The van der Waals surface area contributed by atoms with Crippen LogP contribution in [0.4, 0.5) is 24.7 Å². The highest BCUT2D eigenvalue weighted by Crippen LogP contribution is 2.34. The molecule has 2 aromatic heterocycles. The molecular formula is C16H16F3N5O2. The Morgan fingerprint density at radius 2 is 1.65 bits per heavy atom. The highest BCUT2D eigenvalue weighted by Gasteiger charge is 2.36. The van der Waals surface area contributed by atoms with E-state index in [1.807, 2.05) is 6.92 Å². The molecule has 10 heteroatoms. The van der Waals surface area contributed by atoms with E-state index in [0.29, 0.717) is 28.7 Å². The van der Waals surface area contributed by atoms with Gasteiger partial charge in [0.05, 0.1) is 14.2 Å². The first kappa shape index (κ1) is 17.8. The third kappa shape index (κ3) is 3.22. The van der Waals surface area contributed by atoms with Crippen LogP contribution >= 0.6 is 0 Å². The van der Waals surface area contributed by atoms with Gasteiger partial charge in [-0.3, -0.25) is 0 Å². The van der Waals surface area contributed by atoms with Gasteiger partial charge in [-0.2, -0.15) is 22.7 Å². The minimum atomic E-state index is -4.65. The van der Waals surface area contributed by atoms with Crippen LogP contribution in [0.2, 0.25) is 0 Å². The number of halogens is 3. The number of methoxy groups -OCH3 is 2. The molecule has 0 amide bonds. The van der Waals surface area contributed by atoms with Gasteiger partial charge in [-0.25, -0.2) is 4.98 Å². The molecule has 3 aromatic rings. The molecular weight excluding hydrogens is 351 g/mol. The number of aryl methyl sites for hydroxylation is 2. The van der Waals surface area contributed by atoms with E-state index in [4.69, 9.17) is 9.47 Å². The van der Waals surface area contributed by atoms with Crippen molar-refractivity contribution in [3.05, 3.63) is 35.3 Å². The van der Waals surface area contributed by atoms with Gasteiger partial charge in [0.15, 0.2) is 11.5 Å². The van der Waals surface area contributed by atoms with E-state index in [-0.39, 0.29) is 5.78 Å². The van der Waals surface area contributed by atoms with Crippen LogP contribution in [-0.4, -0.2) is 33.8 Å². The molecule has 0 bridgehead atoms. The molecule has 7 nitrogen and oxygen atoms in total. The summed E-state index contributed by atoms with van der Waals surface area (Å²) < 4.78 is 50.3. The summed E-state index contributed by atoms with van der Waals surface area (Å²) in [6.45, 7) is 3.49. The van der Waals surface area contributed by atoms with Crippen molar-refractivity contribution in [2.45, 2.75) is 20.0 Å². The molecule has 0 radical (unpaired) electrons. The zero-order valence-electron chi connectivity index (χ0n) is 14.5. The fraction of sp³-hybridized carbons (Fsp3) is 0.312. The summed E-state index contributed by atoms with van der Waals surface area (Å²) in [5, 5.41) is 6.59. The summed E-state index contributed by atoms with van der Waals surface area (Å²) in [5.74, 6) is -0.0598. The van der Waals surface area contributed by atoms with Crippen LogP contribution in [0.1, 0.15) is 17.1 Å². The second-order valence-corrected chi connectivity index (χ2v) is 5.57. The van der Waals surface area contributed by atoms with Crippen LogP contribution in [0, 0.1) is 13.8 Å². The fourth-order valence-electron chi connectivity index (χ4n) is 2.45. The standard InChI is InChI=1S/C16H16F3N5O2/c1-8-5-11(25-3)12(26-4)7-10(8)21-13-6-9(2)20-15-22-14(16(17,18)19)23-24(13)15/h5-7,21H,1-4H3. The summed E-state index contributed by atoms with van der Waals surface area (Å²) in [5.41, 5.74) is 1.93. The van der Waals surface area contributed by atoms with E-state index in [0.717, 1.165) is 10.1 Å². The van der Waals surface area contributed by atoms with E-state index in [2.05, 4.69) is 20.4 Å². The van der Waals surface area contributed by atoms with Crippen molar-refractivity contribution in [1.82, 2.24) is 19.6 Å². The Morgan fingerprint density at radius 1 is 1.00 bits per heavy atom. The van der Waals surface area contributed by atoms with Crippen molar-refractivity contribution in [1.29, 1.82) is 0 Å². The molecule has 138 valence electrons. The zero-order chi connectivity index (χ0) is 19.1. The molecule has 0 aliphatic rings. The van der Waals surface area contributed by atoms with Gasteiger partial charge in [0.25, 0.3) is 11.6 Å². The third-order valence-electron chi connectivity index (χ3n) is 3.69. The molecule has 0 fully saturated rings. The van der Waals surface area contributed by atoms with Crippen molar-refractivity contribution in [3.63, 3.8) is 0 Å². The van der Waals surface area contributed by atoms with Crippen LogP contribution in [0.5, 0.6) is 11.5 Å². The fourth-order valence-corrected chi connectivity index (χ4v) is 2.45. The minimum absolute atomic E-state index is 0.141. The Morgan fingerprint density at radius 3 is 2.27 bits per heavy atom. The Kier molecular flexibility index (Phi) is 4.34. The molecule has 0 saturated heterocycles. The first-order valence-electron chi connectivity index (χ1n) is 7.54. The first-order valence-corrected chi connectivity index (χ1v) is 7.54. The maximum atomic E-state index is 12.9. The quantitative estimate of drug-likeness (QED) is 0.761. The topological polar surface area (TPSA) is 73.6 Å². The van der Waals surface area contributed by atoms with E-state index in [1.54, 1.807) is 25.1 Å². The van der Waals surface area contributed by atoms with E-state index >= 15 is 0 Å². The highest BCUT2D eigenvalue weighted by molar-refractivity contribution is 5.66. The lowest BCUT2D eigenvalue weighted by molar-refractivity contribution is -0.144. The van der Waals surface area contributed by atoms with Crippen molar-refractivity contribution < 1.29 is 22.6 Å². The van der Waals surface area contributed by atoms with Gasteiger partial charge in [-0.15, -0.1) is 5.10 Å².